The van der Waals surface area contributed by atoms with E-state index in [9.17, 15) is 71.9 Å². The summed E-state index contributed by atoms with van der Waals surface area (Å²) in [5.74, 6) is -9.28. The minimum absolute atomic E-state index is 0.105. The van der Waals surface area contributed by atoms with Gasteiger partial charge < -0.3 is 9.47 Å². The highest BCUT2D eigenvalue weighted by Crippen LogP contribution is 2.41. The largest absolute Gasteiger partial charge is 0.497 e. The lowest BCUT2D eigenvalue weighted by Crippen LogP contribution is -2.61. The number of hydrogen-bond acceptors (Lipinski definition) is 17. The first-order chi connectivity index (χ1) is 70.8. The van der Waals surface area contributed by atoms with Gasteiger partial charge in [0.25, 0.3) is 35.4 Å². The van der Waals surface area contributed by atoms with E-state index in [1.165, 1.54) is 7.11 Å². The van der Waals surface area contributed by atoms with Crippen LogP contribution >= 0.6 is 0 Å². The number of benzene rings is 15. The number of para-hydroxylation sites is 4. The minimum atomic E-state index is -1.11. The first-order valence-corrected chi connectivity index (χ1v) is 46.8. The Morgan fingerprint density at radius 2 is 0.411 bits per heavy atom. The molecule has 0 spiro atoms. The summed E-state index contributed by atoms with van der Waals surface area (Å²) >= 11 is 0. The van der Waals surface area contributed by atoms with Gasteiger partial charge in [0.1, 0.15) is 41.1 Å². The maximum Gasteiger partial charge on any atom is 0.342 e. The van der Waals surface area contributed by atoms with E-state index in [2.05, 4.69) is 0 Å². The average Bonchev–Trinajstić information content (AvgIpc) is 0.756. The van der Waals surface area contributed by atoms with Crippen molar-refractivity contribution in [1.29, 1.82) is 0 Å². The molecule has 20 rings (SSSR count). The molecule has 0 aliphatic carbocycles. The standard InChI is InChI=1S/C25H22N2O4.C25H22N2O3.C23H18N2O4.2C23H18N2O3/c1-31-21-14-12-18(13-15-21)16-22-23(28)26(17-19-8-4-2-5-9-19)25(30)27(24(22)29)20-10-6-3-7-11-20;1-17-8-6-12-20(14-17)26-23(28)22(16-19-10-4-3-5-11-19)24(29)27(25(26)30)21-13-7-9-18(2)15-21;1-29-19-14-12-18(13-15-19)25-22(27)20(16-8-4-2-5-9-16)21(26)24(23(25)28)17-10-6-3-7-11-17;1-16-9-8-14-19(15-16)25-22(27)20(17-10-4-2-5-11-17)21(26)24(23(25)28)18-12-6-3-7-13-18;1-16-12-14-19(15-13-16)25-22(27)20(17-8-4-2-5-9-17)21(26)24(23(25)28)18-10-6-3-7-11-18/h2-15,22H,16-17H2,1H3;3-15,22H,16H2,1-2H3;2-15,20H,1H3;2*2-15,20H,1H3. The van der Waals surface area contributed by atoms with Crippen molar-refractivity contribution in [2.24, 2.45) is 11.8 Å². The number of ether oxygens (including phenoxy) is 2. The number of aryl methyl sites for hydroxylation is 4. The number of carbonyl (C=O) groups is 15. The minimum Gasteiger partial charge on any atom is -0.497 e. The van der Waals surface area contributed by atoms with Crippen molar-refractivity contribution in [3.8, 4) is 11.5 Å². The van der Waals surface area contributed by atoms with Crippen LogP contribution in [0.4, 0.5) is 75.2 Å². The third-order valence-corrected chi connectivity index (χ3v) is 24.8. The van der Waals surface area contributed by atoms with Gasteiger partial charge in [-0.25, -0.2) is 68.1 Å². The number of nitrogens with zero attached hydrogens (tertiary/aromatic N) is 10. The zero-order valence-corrected chi connectivity index (χ0v) is 80.3. The molecule has 0 N–H and O–H groups in total. The molecule has 0 bridgehead atoms. The molecule has 146 heavy (non-hydrogen) atoms. The van der Waals surface area contributed by atoms with Gasteiger partial charge in [-0.05, 0) is 224 Å². The highest BCUT2D eigenvalue weighted by molar-refractivity contribution is 6.41. The molecular formula is C119H98N10O17. The Labute approximate surface area is 842 Å². The van der Waals surface area contributed by atoms with Crippen LogP contribution in [0.2, 0.25) is 0 Å². The lowest BCUT2D eigenvalue weighted by atomic mass is 9.93. The molecule has 726 valence electrons. The fourth-order valence-electron chi connectivity index (χ4n) is 17.5. The van der Waals surface area contributed by atoms with E-state index < -0.39 is 119 Å². The zero-order chi connectivity index (χ0) is 103. The maximum atomic E-state index is 13.4. The molecule has 5 aliphatic heterocycles. The summed E-state index contributed by atoms with van der Waals surface area (Å²) in [4.78, 5) is 210. The predicted octanol–water partition coefficient (Wildman–Crippen LogP) is 21.2. The quantitative estimate of drug-likeness (QED) is 0.0640. The van der Waals surface area contributed by atoms with E-state index >= 15 is 0 Å². The molecule has 27 nitrogen and oxygen atoms in total. The number of methoxy groups -OCH3 is 2. The molecule has 15 aromatic rings. The number of imide groups is 10. The van der Waals surface area contributed by atoms with Gasteiger partial charge in [-0.2, -0.15) is 0 Å². The van der Waals surface area contributed by atoms with Crippen LogP contribution in [0.1, 0.15) is 73.4 Å². The fraction of sp³-hybridized carbons (Fsp3) is 0.118. The highest BCUT2D eigenvalue weighted by Gasteiger charge is 2.53. The molecular weight excluding hydrogens is 1840 g/mol. The molecule has 15 aromatic carbocycles. The van der Waals surface area contributed by atoms with Crippen LogP contribution in [0.15, 0.2) is 419 Å². The Kier molecular flexibility index (Phi) is 31.1. The van der Waals surface area contributed by atoms with E-state index in [1.807, 2.05) is 155 Å². The molecule has 5 saturated heterocycles. The lowest BCUT2D eigenvalue weighted by Gasteiger charge is -2.37. The number of urea groups is 5. The third-order valence-electron chi connectivity index (χ3n) is 24.8. The van der Waals surface area contributed by atoms with Gasteiger partial charge in [-0.1, -0.05) is 291 Å². The zero-order valence-electron chi connectivity index (χ0n) is 80.3. The smallest absolute Gasteiger partial charge is 0.342 e. The fourth-order valence-corrected chi connectivity index (χ4v) is 17.5. The summed E-state index contributed by atoms with van der Waals surface area (Å²) in [5, 5.41) is 0. The van der Waals surface area contributed by atoms with Crippen LogP contribution in [-0.2, 0) is 67.3 Å². The topological polar surface area (TPSA) is 307 Å². The second kappa shape index (κ2) is 45.5. The van der Waals surface area contributed by atoms with Crippen molar-refractivity contribution in [2.45, 2.75) is 64.8 Å². The van der Waals surface area contributed by atoms with Gasteiger partial charge in [-0.15, -0.1) is 0 Å². The van der Waals surface area contributed by atoms with Crippen molar-refractivity contribution < 1.29 is 81.4 Å². The number of carbonyl (C=O) groups excluding carboxylic acids is 15. The number of amides is 20. The van der Waals surface area contributed by atoms with Crippen molar-refractivity contribution in [3.05, 3.63) is 474 Å². The third kappa shape index (κ3) is 21.8. The maximum absolute atomic E-state index is 13.4. The van der Waals surface area contributed by atoms with Crippen LogP contribution in [0, 0.1) is 39.5 Å². The normalized spacial score (nSPS) is 16.5. The Bertz CT molecular complexity index is 7120. The van der Waals surface area contributed by atoms with E-state index in [0.717, 1.165) is 87.9 Å². The van der Waals surface area contributed by atoms with Crippen LogP contribution in [0.3, 0.4) is 0 Å². The van der Waals surface area contributed by atoms with Gasteiger partial charge in [0.05, 0.1) is 72.0 Å². The predicted molar refractivity (Wildman–Crippen MR) is 556 cm³/mol. The first kappa shape index (κ1) is 99.9. The summed E-state index contributed by atoms with van der Waals surface area (Å²) in [5.41, 5.74) is 11.8. The molecule has 5 fully saturated rings. The number of rotatable bonds is 20. The van der Waals surface area contributed by atoms with Crippen molar-refractivity contribution >= 4 is 140 Å². The monoisotopic (exact) mass is 1940 g/mol. The molecule has 0 aromatic heterocycles. The first-order valence-electron chi connectivity index (χ1n) is 46.8. The Balaban J connectivity index is 0.000000131. The lowest BCUT2D eigenvalue weighted by molar-refractivity contribution is -0.142. The van der Waals surface area contributed by atoms with Gasteiger partial charge in [0, 0.05) is 0 Å². The van der Waals surface area contributed by atoms with Gasteiger partial charge in [0.15, 0.2) is 0 Å². The summed E-state index contributed by atoms with van der Waals surface area (Å²) in [6.45, 7) is 7.71. The van der Waals surface area contributed by atoms with Crippen molar-refractivity contribution in [3.63, 3.8) is 0 Å². The number of barbiturate groups is 5. The van der Waals surface area contributed by atoms with Gasteiger partial charge in [-0.3, -0.25) is 52.8 Å². The summed E-state index contributed by atoms with van der Waals surface area (Å²) in [7, 11) is 3.11. The highest BCUT2D eigenvalue weighted by atomic mass is 16.5. The van der Waals surface area contributed by atoms with Crippen LogP contribution in [0.5, 0.6) is 11.5 Å². The second-order valence-corrected chi connectivity index (χ2v) is 34.7. The van der Waals surface area contributed by atoms with Crippen LogP contribution in [-0.4, -0.2) is 108 Å². The van der Waals surface area contributed by atoms with Gasteiger partial charge in [0.2, 0.25) is 23.6 Å². The molecule has 20 amide bonds. The SMILES string of the molecule is COc1ccc(CC2C(=O)N(Cc3ccccc3)C(=O)N(c3ccccc3)C2=O)cc1.COc1ccc(N2C(=O)C(c3ccccc3)C(=O)N(c3ccccc3)C2=O)cc1.Cc1ccc(N2C(=O)C(c3ccccc3)C(=O)N(c3ccccc3)C2=O)cc1.Cc1cccc(N2C(=O)C(Cc3ccccc3)C(=O)N(c3cccc(C)c3)C2=O)c1.Cc1cccc(N2C(=O)C(c3ccccc3)C(=O)N(c3ccccc3)C2=O)c1. The number of hydrogen-bond donors (Lipinski definition) is 0. The molecule has 0 saturated carbocycles. The van der Waals surface area contributed by atoms with Gasteiger partial charge >= 0.3 is 30.2 Å². The average molecular weight is 1940 g/mol. The van der Waals surface area contributed by atoms with E-state index in [0.29, 0.717) is 79.4 Å². The summed E-state index contributed by atoms with van der Waals surface area (Å²) in [6.07, 6.45) is 0.431. The van der Waals surface area contributed by atoms with Crippen LogP contribution in [0.25, 0.3) is 0 Å². The van der Waals surface area contributed by atoms with E-state index in [-0.39, 0.29) is 19.4 Å². The molecule has 4 atom stereocenters. The number of anilines is 9. The molecule has 4 unspecified atom stereocenters. The van der Waals surface area contributed by atoms with Crippen molar-refractivity contribution in [2.75, 3.05) is 58.3 Å². The Morgan fingerprint density at radius 3 is 0.699 bits per heavy atom. The summed E-state index contributed by atoms with van der Waals surface area (Å²) < 4.78 is 10.3. The molecule has 27 heteroatoms. The Morgan fingerprint density at radius 1 is 0.192 bits per heavy atom. The molecule has 0 radical (unpaired) electrons. The van der Waals surface area contributed by atoms with E-state index in [4.69, 9.17) is 9.47 Å². The summed E-state index contributed by atoms with van der Waals surface area (Å²) in [6, 6.07) is 119. The molecule has 5 heterocycles. The van der Waals surface area contributed by atoms with E-state index in [1.54, 1.807) is 298 Å². The van der Waals surface area contributed by atoms with Crippen molar-refractivity contribution in [1.82, 2.24) is 4.90 Å². The second-order valence-electron chi connectivity index (χ2n) is 34.7. The Hall–Kier alpha value is -19.1. The van der Waals surface area contributed by atoms with Crippen LogP contribution < -0.4 is 53.6 Å². The molecule has 5 aliphatic rings.